The Hall–Kier alpha value is -3.36. The summed E-state index contributed by atoms with van der Waals surface area (Å²) < 4.78 is 28.8. The number of aryl methyl sites for hydroxylation is 2. The molecule has 0 aliphatic heterocycles. The van der Waals surface area contributed by atoms with E-state index >= 15 is 0 Å². The van der Waals surface area contributed by atoms with Crippen molar-refractivity contribution in [2.24, 2.45) is 0 Å². The fourth-order valence-electron chi connectivity index (χ4n) is 3.93. The Morgan fingerprint density at radius 1 is 0.949 bits per heavy atom. The third-order valence-corrected chi connectivity index (χ3v) is 8.89. The largest absolute Gasteiger partial charge is 0.352 e. The van der Waals surface area contributed by atoms with Crippen molar-refractivity contribution in [2.75, 3.05) is 10.8 Å². The second-order valence-corrected chi connectivity index (χ2v) is 12.0. The van der Waals surface area contributed by atoms with Crippen LogP contribution in [0, 0.1) is 13.8 Å². The third kappa shape index (κ3) is 7.61. The molecule has 0 spiro atoms. The molecular weight excluding hydrogens is 534 g/mol. The fourth-order valence-corrected chi connectivity index (χ4v) is 5.51. The van der Waals surface area contributed by atoms with E-state index in [1.54, 1.807) is 31.2 Å². The number of nitrogens with one attached hydrogen (secondary N) is 1. The second-order valence-electron chi connectivity index (χ2n) is 9.76. The SMILES string of the molecule is CCC(C)NC(=O)C(C)N(Cc1ccccc1)C(=O)CN(c1ccc(C)c(Cl)c1)S(=O)(=O)c1ccc(C)cc1. The molecule has 0 saturated heterocycles. The highest BCUT2D eigenvalue weighted by molar-refractivity contribution is 7.92. The summed E-state index contributed by atoms with van der Waals surface area (Å²) in [5.74, 6) is -0.821. The smallest absolute Gasteiger partial charge is 0.264 e. The lowest BCUT2D eigenvalue weighted by molar-refractivity contribution is -0.139. The van der Waals surface area contributed by atoms with Gasteiger partial charge in [0.25, 0.3) is 10.0 Å². The van der Waals surface area contributed by atoms with Crippen molar-refractivity contribution >= 4 is 39.1 Å². The predicted molar refractivity (Wildman–Crippen MR) is 156 cm³/mol. The zero-order valence-corrected chi connectivity index (χ0v) is 24.6. The molecule has 2 unspecified atom stereocenters. The molecule has 0 aliphatic rings. The molecule has 7 nitrogen and oxygen atoms in total. The first kappa shape index (κ1) is 30.2. The van der Waals surface area contributed by atoms with Crippen LogP contribution < -0.4 is 9.62 Å². The minimum absolute atomic E-state index is 0.0507. The first-order chi connectivity index (χ1) is 18.4. The monoisotopic (exact) mass is 569 g/mol. The van der Waals surface area contributed by atoms with Gasteiger partial charge in [-0.15, -0.1) is 0 Å². The topological polar surface area (TPSA) is 86.8 Å². The van der Waals surface area contributed by atoms with E-state index in [9.17, 15) is 18.0 Å². The fraction of sp³-hybridized carbons (Fsp3) is 0.333. The van der Waals surface area contributed by atoms with E-state index in [0.717, 1.165) is 27.4 Å². The van der Waals surface area contributed by atoms with Crippen LogP contribution >= 0.6 is 11.6 Å². The van der Waals surface area contributed by atoms with Crippen LogP contribution in [0.25, 0.3) is 0 Å². The first-order valence-corrected chi connectivity index (χ1v) is 14.7. The Morgan fingerprint density at radius 3 is 2.18 bits per heavy atom. The van der Waals surface area contributed by atoms with Gasteiger partial charge in [-0.1, -0.05) is 72.6 Å². The van der Waals surface area contributed by atoms with Crippen LogP contribution in [-0.4, -0.2) is 43.8 Å². The first-order valence-electron chi connectivity index (χ1n) is 12.9. The van der Waals surface area contributed by atoms with Crippen LogP contribution in [0.2, 0.25) is 5.02 Å². The van der Waals surface area contributed by atoms with Gasteiger partial charge in [0.15, 0.2) is 0 Å². The molecule has 0 saturated carbocycles. The molecule has 0 bridgehead atoms. The van der Waals surface area contributed by atoms with E-state index in [4.69, 9.17) is 11.6 Å². The molecule has 0 aromatic heterocycles. The van der Waals surface area contributed by atoms with E-state index in [0.29, 0.717) is 5.02 Å². The molecule has 0 aliphatic carbocycles. The highest BCUT2D eigenvalue weighted by Crippen LogP contribution is 2.28. The molecular formula is C30H36ClN3O4S. The third-order valence-electron chi connectivity index (χ3n) is 6.70. The van der Waals surface area contributed by atoms with Gasteiger partial charge in [-0.2, -0.15) is 0 Å². The Balaban J connectivity index is 2.04. The second kappa shape index (κ2) is 13.1. The van der Waals surface area contributed by atoms with Crippen LogP contribution in [0.15, 0.2) is 77.7 Å². The lowest BCUT2D eigenvalue weighted by atomic mass is 10.1. The number of hydrogen-bond donors (Lipinski definition) is 1. The molecule has 0 fully saturated rings. The van der Waals surface area contributed by atoms with Gasteiger partial charge in [-0.05, 0) is 69.5 Å². The molecule has 39 heavy (non-hydrogen) atoms. The van der Waals surface area contributed by atoms with Gasteiger partial charge >= 0.3 is 0 Å². The van der Waals surface area contributed by atoms with Crippen LogP contribution in [0.4, 0.5) is 5.69 Å². The van der Waals surface area contributed by atoms with Crippen molar-refractivity contribution in [3.8, 4) is 0 Å². The number of anilines is 1. The average molecular weight is 570 g/mol. The predicted octanol–water partition coefficient (Wildman–Crippen LogP) is 5.48. The minimum Gasteiger partial charge on any atom is -0.352 e. The van der Waals surface area contributed by atoms with E-state index < -0.39 is 28.5 Å². The van der Waals surface area contributed by atoms with Gasteiger partial charge in [0.1, 0.15) is 12.6 Å². The standard InChI is InChI=1S/C30H36ClN3O4S/c1-6-23(4)32-30(36)24(5)33(19-25-10-8-7-9-11-25)29(35)20-34(26-15-14-22(3)28(31)18-26)39(37,38)27-16-12-21(2)13-17-27/h7-18,23-24H,6,19-20H2,1-5H3,(H,32,36). The van der Waals surface area contributed by atoms with Crippen molar-refractivity contribution in [3.63, 3.8) is 0 Å². The lowest BCUT2D eigenvalue weighted by Crippen LogP contribution is -2.52. The number of rotatable bonds is 11. The van der Waals surface area contributed by atoms with Crippen molar-refractivity contribution in [1.29, 1.82) is 0 Å². The Morgan fingerprint density at radius 2 is 1.59 bits per heavy atom. The van der Waals surface area contributed by atoms with Crippen LogP contribution in [0.5, 0.6) is 0 Å². The number of hydrogen-bond acceptors (Lipinski definition) is 4. The van der Waals surface area contributed by atoms with Crippen molar-refractivity contribution in [3.05, 3.63) is 94.5 Å². The Labute approximate surface area is 236 Å². The highest BCUT2D eigenvalue weighted by atomic mass is 35.5. The van der Waals surface area contributed by atoms with Gasteiger partial charge in [0.2, 0.25) is 11.8 Å². The average Bonchev–Trinajstić information content (AvgIpc) is 2.92. The maximum absolute atomic E-state index is 13.9. The van der Waals surface area contributed by atoms with E-state index in [-0.39, 0.29) is 29.1 Å². The minimum atomic E-state index is -4.14. The van der Waals surface area contributed by atoms with Gasteiger partial charge in [0, 0.05) is 17.6 Å². The summed E-state index contributed by atoms with van der Waals surface area (Å²) in [6.07, 6.45) is 0.738. The number of sulfonamides is 1. The highest BCUT2D eigenvalue weighted by Gasteiger charge is 2.33. The molecule has 9 heteroatoms. The van der Waals surface area contributed by atoms with Gasteiger partial charge < -0.3 is 10.2 Å². The number of carbonyl (C=O) groups is 2. The molecule has 2 atom stereocenters. The molecule has 1 N–H and O–H groups in total. The summed E-state index contributed by atoms with van der Waals surface area (Å²) >= 11 is 6.37. The van der Waals surface area contributed by atoms with Crippen LogP contribution in [0.1, 0.15) is 43.9 Å². The number of benzene rings is 3. The van der Waals surface area contributed by atoms with E-state index in [1.165, 1.54) is 23.1 Å². The molecule has 3 aromatic carbocycles. The summed E-state index contributed by atoms with van der Waals surface area (Å²) in [7, 11) is -4.14. The van der Waals surface area contributed by atoms with E-state index in [2.05, 4.69) is 5.32 Å². The summed E-state index contributed by atoms with van der Waals surface area (Å²) in [5, 5.41) is 3.31. The zero-order valence-electron chi connectivity index (χ0n) is 23.0. The van der Waals surface area contributed by atoms with Crippen LogP contribution in [-0.2, 0) is 26.2 Å². The molecule has 0 radical (unpaired) electrons. The summed E-state index contributed by atoms with van der Waals surface area (Å²) in [5.41, 5.74) is 2.77. The maximum atomic E-state index is 13.9. The normalized spacial score (nSPS) is 12.9. The van der Waals surface area contributed by atoms with Gasteiger partial charge in [-0.25, -0.2) is 8.42 Å². The van der Waals surface area contributed by atoms with Crippen LogP contribution in [0.3, 0.4) is 0 Å². The van der Waals surface area contributed by atoms with Crippen molar-refractivity contribution < 1.29 is 18.0 Å². The van der Waals surface area contributed by atoms with Crippen molar-refractivity contribution in [2.45, 2.75) is 64.6 Å². The van der Waals surface area contributed by atoms with Crippen molar-refractivity contribution in [1.82, 2.24) is 10.2 Å². The lowest BCUT2D eigenvalue weighted by Gasteiger charge is -2.32. The summed E-state index contributed by atoms with van der Waals surface area (Å²) in [6, 6.07) is 19.7. The molecule has 0 heterocycles. The molecule has 2 amide bonds. The van der Waals surface area contributed by atoms with Gasteiger partial charge in [-0.3, -0.25) is 13.9 Å². The maximum Gasteiger partial charge on any atom is 0.264 e. The number of halogens is 1. The van der Waals surface area contributed by atoms with E-state index in [1.807, 2.05) is 58.0 Å². The molecule has 3 rings (SSSR count). The quantitative estimate of drug-likeness (QED) is 0.331. The Bertz CT molecular complexity index is 1400. The Kier molecular flexibility index (Phi) is 10.2. The van der Waals surface area contributed by atoms with Gasteiger partial charge in [0.05, 0.1) is 10.6 Å². The number of amides is 2. The molecule has 208 valence electrons. The summed E-state index contributed by atoms with van der Waals surface area (Å²) in [4.78, 5) is 28.5. The number of nitrogens with zero attached hydrogens (tertiary/aromatic N) is 2. The summed E-state index contributed by atoms with van der Waals surface area (Å²) in [6.45, 7) is 8.82. The number of carbonyl (C=O) groups excluding carboxylic acids is 2. The molecule has 3 aromatic rings. The zero-order chi connectivity index (χ0) is 28.7.